The number of carboxylic acids is 1. The van der Waals surface area contributed by atoms with Gasteiger partial charge in [0.15, 0.2) is 9.84 Å². The first kappa shape index (κ1) is 11.5. The summed E-state index contributed by atoms with van der Waals surface area (Å²) in [6, 6.07) is 3.57. The highest BCUT2D eigenvalue weighted by Gasteiger charge is 2.12. The third kappa shape index (κ3) is 2.95. The molecule has 0 fully saturated rings. The van der Waals surface area contributed by atoms with E-state index in [1.165, 1.54) is 18.2 Å². The third-order valence-corrected chi connectivity index (χ3v) is 2.93. The van der Waals surface area contributed by atoms with E-state index in [1.54, 1.807) is 0 Å². The average Bonchev–Trinajstić information content (AvgIpc) is 2.06. The predicted octanol–water partition coefficient (Wildman–Crippen LogP) is 0.423. The van der Waals surface area contributed by atoms with Crippen molar-refractivity contribution in [1.82, 2.24) is 0 Å². The van der Waals surface area contributed by atoms with Gasteiger partial charge >= 0.3 is 5.97 Å². The van der Waals surface area contributed by atoms with Gasteiger partial charge in [0.25, 0.3) is 0 Å². The molecule has 1 aromatic rings. The fourth-order valence-electron chi connectivity index (χ4n) is 1.10. The number of aliphatic carboxylic acids is 1. The maximum atomic E-state index is 11.2. The van der Waals surface area contributed by atoms with Crippen LogP contribution in [0.1, 0.15) is 5.56 Å². The molecule has 0 spiro atoms. The Hall–Kier alpha value is -1.56. The highest BCUT2D eigenvalue weighted by atomic mass is 32.2. The van der Waals surface area contributed by atoms with Crippen LogP contribution in [-0.4, -0.2) is 30.9 Å². The molecule has 0 aliphatic carbocycles. The molecule has 2 N–H and O–H groups in total. The zero-order valence-corrected chi connectivity index (χ0v) is 8.78. The van der Waals surface area contributed by atoms with E-state index >= 15 is 0 Å². The fourth-order valence-corrected chi connectivity index (χ4v) is 1.77. The van der Waals surface area contributed by atoms with Crippen LogP contribution >= 0.6 is 0 Å². The van der Waals surface area contributed by atoms with Crippen LogP contribution in [0.3, 0.4) is 0 Å². The van der Waals surface area contributed by atoms with Gasteiger partial charge in [-0.3, -0.25) is 4.79 Å². The molecule has 0 heterocycles. The van der Waals surface area contributed by atoms with Crippen molar-refractivity contribution in [2.75, 3.05) is 6.26 Å². The van der Waals surface area contributed by atoms with Gasteiger partial charge in [-0.1, -0.05) is 0 Å². The number of phenols is 1. The van der Waals surface area contributed by atoms with E-state index in [2.05, 4.69) is 0 Å². The van der Waals surface area contributed by atoms with Gasteiger partial charge in [-0.2, -0.15) is 0 Å². The number of phenolic OH excluding ortho intramolecular Hbond substituents is 1. The van der Waals surface area contributed by atoms with Crippen LogP contribution in [0.25, 0.3) is 0 Å². The number of hydrogen-bond donors (Lipinski definition) is 2. The lowest BCUT2D eigenvalue weighted by atomic mass is 10.1. The SMILES string of the molecule is CS(=O)(=O)c1ccc(O)c(CC(=O)O)c1. The van der Waals surface area contributed by atoms with E-state index in [1.807, 2.05) is 0 Å². The molecule has 6 heteroatoms. The Kier molecular flexibility index (Phi) is 2.99. The van der Waals surface area contributed by atoms with Crippen molar-refractivity contribution in [2.24, 2.45) is 0 Å². The summed E-state index contributed by atoms with van der Waals surface area (Å²) in [6.45, 7) is 0. The van der Waals surface area contributed by atoms with Gasteiger partial charge in [-0.25, -0.2) is 8.42 Å². The van der Waals surface area contributed by atoms with Crippen molar-refractivity contribution < 1.29 is 23.4 Å². The van der Waals surface area contributed by atoms with Crippen LogP contribution < -0.4 is 0 Å². The molecule has 0 bridgehead atoms. The fraction of sp³-hybridized carbons (Fsp3) is 0.222. The lowest BCUT2D eigenvalue weighted by Crippen LogP contribution is -2.03. The van der Waals surface area contributed by atoms with Crippen molar-refractivity contribution in [3.8, 4) is 5.75 Å². The van der Waals surface area contributed by atoms with Crippen LogP contribution in [0.2, 0.25) is 0 Å². The first-order chi connectivity index (χ1) is 6.80. The Morgan fingerprint density at radius 1 is 1.40 bits per heavy atom. The van der Waals surface area contributed by atoms with E-state index in [0.717, 1.165) is 6.26 Å². The number of rotatable bonds is 3. The van der Waals surface area contributed by atoms with Gasteiger partial charge in [-0.05, 0) is 18.2 Å². The molecular formula is C9H10O5S. The number of aromatic hydroxyl groups is 1. The van der Waals surface area contributed by atoms with Crippen LogP contribution in [0.15, 0.2) is 23.1 Å². The minimum atomic E-state index is -3.38. The second-order valence-corrected chi connectivity index (χ2v) is 5.15. The molecule has 0 aromatic heterocycles. The Morgan fingerprint density at radius 2 is 2.00 bits per heavy atom. The Balaban J connectivity index is 3.23. The molecule has 0 atom stereocenters. The minimum absolute atomic E-state index is 0.00319. The van der Waals surface area contributed by atoms with E-state index < -0.39 is 22.2 Å². The predicted molar refractivity (Wildman–Crippen MR) is 52.6 cm³/mol. The maximum absolute atomic E-state index is 11.2. The summed E-state index contributed by atoms with van der Waals surface area (Å²) in [5.74, 6) is -1.35. The summed E-state index contributed by atoms with van der Waals surface area (Å²) in [7, 11) is -3.38. The molecular weight excluding hydrogens is 220 g/mol. The zero-order valence-electron chi connectivity index (χ0n) is 7.97. The summed E-state index contributed by atoms with van der Waals surface area (Å²) < 4.78 is 22.3. The lowest BCUT2D eigenvalue weighted by Gasteiger charge is -2.04. The molecule has 0 unspecified atom stereocenters. The second kappa shape index (κ2) is 3.90. The number of carboxylic acid groups (broad SMARTS) is 1. The number of sulfone groups is 1. The second-order valence-electron chi connectivity index (χ2n) is 3.13. The van der Waals surface area contributed by atoms with E-state index in [-0.39, 0.29) is 16.2 Å². The number of benzene rings is 1. The van der Waals surface area contributed by atoms with Gasteiger partial charge < -0.3 is 10.2 Å². The monoisotopic (exact) mass is 230 g/mol. The normalized spacial score (nSPS) is 11.3. The van der Waals surface area contributed by atoms with Crippen molar-refractivity contribution in [3.05, 3.63) is 23.8 Å². The number of carbonyl (C=O) groups is 1. The van der Waals surface area contributed by atoms with Crippen LogP contribution in [0, 0.1) is 0 Å². The van der Waals surface area contributed by atoms with Gasteiger partial charge in [0.1, 0.15) is 5.75 Å². The van der Waals surface area contributed by atoms with Gasteiger partial charge in [0, 0.05) is 11.8 Å². The van der Waals surface area contributed by atoms with E-state index in [9.17, 15) is 18.3 Å². The van der Waals surface area contributed by atoms with Crippen molar-refractivity contribution in [3.63, 3.8) is 0 Å². The Morgan fingerprint density at radius 3 is 2.47 bits per heavy atom. The molecule has 0 radical (unpaired) electrons. The lowest BCUT2D eigenvalue weighted by molar-refractivity contribution is -0.136. The first-order valence-electron chi connectivity index (χ1n) is 4.04. The van der Waals surface area contributed by atoms with Crippen molar-refractivity contribution in [2.45, 2.75) is 11.3 Å². The highest BCUT2D eigenvalue weighted by molar-refractivity contribution is 7.90. The molecule has 1 aromatic carbocycles. The molecule has 0 aliphatic rings. The van der Waals surface area contributed by atoms with Crippen molar-refractivity contribution >= 4 is 15.8 Å². The van der Waals surface area contributed by atoms with E-state index in [0.29, 0.717) is 0 Å². The largest absolute Gasteiger partial charge is 0.508 e. The smallest absolute Gasteiger partial charge is 0.307 e. The Labute approximate surface area is 86.9 Å². The molecule has 0 saturated heterocycles. The number of hydrogen-bond acceptors (Lipinski definition) is 4. The standard InChI is InChI=1S/C9H10O5S/c1-15(13,14)7-2-3-8(10)6(4-7)5-9(11)12/h2-4,10H,5H2,1H3,(H,11,12). The summed E-state index contributed by atoms with van der Waals surface area (Å²) in [6.07, 6.45) is 0.610. The molecule has 15 heavy (non-hydrogen) atoms. The molecule has 0 amide bonds. The molecule has 0 aliphatic heterocycles. The maximum Gasteiger partial charge on any atom is 0.307 e. The summed E-state index contributed by atoms with van der Waals surface area (Å²) >= 11 is 0. The first-order valence-corrected chi connectivity index (χ1v) is 5.93. The van der Waals surface area contributed by atoms with Gasteiger partial charge in [-0.15, -0.1) is 0 Å². The molecule has 0 saturated carbocycles. The highest BCUT2D eigenvalue weighted by Crippen LogP contribution is 2.21. The average molecular weight is 230 g/mol. The van der Waals surface area contributed by atoms with Gasteiger partial charge in [0.2, 0.25) is 0 Å². The topological polar surface area (TPSA) is 91.7 Å². The summed E-state index contributed by atoms with van der Waals surface area (Å²) in [5, 5.41) is 17.8. The molecule has 5 nitrogen and oxygen atoms in total. The van der Waals surface area contributed by atoms with Crippen LogP contribution in [0.4, 0.5) is 0 Å². The third-order valence-electron chi connectivity index (χ3n) is 1.82. The van der Waals surface area contributed by atoms with E-state index in [4.69, 9.17) is 5.11 Å². The van der Waals surface area contributed by atoms with Crippen LogP contribution in [0.5, 0.6) is 5.75 Å². The van der Waals surface area contributed by atoms with Crippen molar-refractivity contribution in [1.29, 1.82) is 0 Å². The summed E-state index contributed by atoms with van der Waals surface area (Å²) in [4.78, 5) is 10.4. The molecule has 82 valence electrons. The summed E-state index contributed by atoms with van der Waals surface area (Å²) in [5.41, 5.74) is 0.0884. The van der Waals surface area contributed by atoms with Crippen LogP contribution in [-0.2, 0) is 21.1 Å². The zero-order chi connectivity index (χ0) is 11.6. The quantitative estimate of drug-likeness (QED) is 0.785. The molecule has 1 rings (SSSR count). The van der Waals surface area contributed by atoms with Gasteiger partial charge in [0.05, 0.1) is 11.3 Å². The Bertz CT molecular complexity index is 489. The minimum Gasteiger partial charge on any atom is -0.508 e.